The van der Waals surface area contributed by atoms with E-state index in [4.69, 9.17) is 16.3 Å². The van der Waals surface area contributed by atoms with Crippen LogP contribution in [0.4, 0.5) is 0 Å². The van der Waals surface area contributed by atoms with E-state index in [-0.39, 0.29) is 11.4 Å². The number of carbonyl (C=O) groups excluding carboxylic acids is 1. The fourth-order valence-corrected chi connectivity index (χ4v) is 3.57. The Labute approximate surface area is 131 Å². The van der Waals surface area contributed by atoms with E-state index in [9.17, 15) is 4.79 Å². The molecule has 1 heterocycles. The number of alkyl halides is 1. The number of benzene rings is 1. The zero-order chi connectivity index (χ0) is 14.9. The molecule has 1 aromatic rings. The fraction of sp³-hybridized carbons (Fsp3) is 0.588. The van der Waals surface area contributed by atoms with E-state index < -0.39 is 0 Å². The van der Waals surface area contributed by atoms with E-state index >= 15 is 0 Å². The SMILES string of the molecule is CC1CCC(CCl)(NC(=O)c2ccc3c(c2)COC3)CC1. The molecule has 1 aromatic carbocycles. The zero-order valence-corrected chi connectivity index (χ0v) is 13.2. The van der Waals surface area contributed by atoms with Gasteiger partial charge in [-0.3, -0.25) is 4.79 Å². The maximum atomic E-state index is 12.5. The van der Waals surface area contributed by atoms with Gasteiger partial charge in [-0.15, -0.1) is 11.6 Å². The summed E-state index contributed by atoms with van der Waals surface area (Å²) in [5.41, 5.74) is 2.79. The molecule has 3 rings (SSSR count). The molecule has 0 atom stereocenters. The van der Waals surface area contributed by atoms with Gasteiger partial charge in [-0.1, -0.05) is 13.0 Å². The third-order valence-corrected chi connectivity index (χ3v) is 5.36. The third-order valence-electron chi connectivity index (χ3n) is 4.85. The van der Waals surface area contributed by atoms with Gasteiger partial charge in [0, 0.05) is 11.4 Å². The van der Waals surface area contributed by atoms with Crippen molar-refractivity contribution >= 4 is 17.5 Å². The number of hydrogen-bond donors (Lipinski definition) is 1. The molecule has 0 saturated heterocycles. The Morgan fingerprint density at radius 2 is 2.05 bits per heavy atom. The predicted molar refractivity (Wildman–Crippen MR) is 83.5 cm³/mol. The maximum Gasteiger partial charge on any atom is 0.251 e. The van der Waals surface area contributed by atoms with Gasteiger partial charge >= 0.3 is 0 Å². The van der Waals surface area contributed by atoms with Crippen LogP contribution >= 0.6 is 11.6 Å². The quantitative estimate of drug-likeness (QED) is 0.866. The Morgan fingerprint density at radius 3 is 2.76 bits per heavy atom. The van der Waals surface area contributed by atoms with Crippen molar-refractivity contribution in [2.45, 2.75) is 51.4 Å². The topological polar surface area (TPSA) is 38.3 Å². The van der Waals surface area contributed by atoms with Crippen LogP contribution in [0.5, 0.6) is 0 Å². The standard InChI is InChI=1S/C17H22ClNO2/c1-12-4-6-17(11-18,7-5-12)19-16(20)13-2-3-14-9-21-10-15(14)8-13/h2-3,8,12H,4-7,9-11H2,1H3,(H,19,20). The highest BCUT2D eigenvalue weighted by Gasteiger charge is 2.35. The lowest BCUT2D eigenvalue weighted by atomic mass is 9.78. The molecule has 1 saturated carbocycles. The lowest BCUT2D eigenvalue weighted by Crippen LogP contribution is -2.52. The van der Waals surface area contributed by atoms with Crippen LogP contribution in [0.1, 0.15) is 54.1 Å². The van der Waals surface area contributed by atoms with Crippen LogP contribution in [-0.2, 0) is 18.0 Å². The Morgan fingerprint density at radius 1 is 1.33 bits per heavy atom. The largest absolute Gasteiger partial charge is 0.372 e. The monoisotopic (exact) mass is 307 g/mol. The normalized spacial score (nSPS) is 28.2. The zero-order valence-electron chi connectivity index (χ0n) is 12.5. The Bertz CT molecular complexity index is 536. The van der Waals surface area contributed by atoms with E-state index in [1.54, 1.807) is 0 Å². The second kappa shape index (κ2) is 5.98. The minimum Gasteiger partial charge on any atom is -0.372 e. The third kappa shape index (κ3) is 3.09. The van der Waals surface area contributed by atoms with Crippen LogP contribution < -0.4 is 5.32 Å². The molecule has 0 unspecified atom stereocenters. The first-order chi connectivity index (χ1) is 10.1. The van der Waals surface area contributed by atoms with E-state index in [0.29, 0.717) is 24.7 Å². The lowest BCUT2D eigenvalue weighted by molar-refractivity contribution is 0.0872. The average molecular weight is 308 g/mol. The number of halogens is 1. The molecule has 1 aliphatic carbocycles. The molecule has 0 bridgehead atoms. The van der Waals surface area contributed by atoms with Gasteiger partial charge in [-0.05, 0) is 54.9 Å². The van der Waals surface area contributed by atoms with Crippen molar-refractivity contribution in [1.82, 2.24) is 5.32 Å². The summed E-state index contributed by atoms with van der Waals surface area (Å²) in [4.78, 5) is 12.5. The number of fused-ring (bicyclic) bond motifs is 1. The van der Waals surface area contributed by atoms with Crippen LogP contribution in [0.2, 0.25) is 0 Å². The number of amides is 1. The fourth-order valence-electron chi connectivity index (χ4n) is 3.23. The lowest BCUT2D eigenvalue weighted by Gasteiger charge is -2.38. The van der Waals surface area contributed by atoms with Crippen LogP contribution in [0, 0.1) is 5.92 Å². The number of nitrogens with one attached hydrogen (secondary N) is 1. The summed E-state index contributed by atoms with van der Waals surface area (Å²) in [5.74, 6) is 1.20. The number of rotatable bonds is 3. The van der Waals surface area contributed by atoms with Crippen molar-refractivity contribution in [3.63, 3.8) is 0 Å². The molecule has 0 aromatic heterocycles. The Hall–Kier alpha value is -1.06. The van der Waals surface area contributed by atoms with E-state index in [1.165, 1.54) is 5.56 Å². The van der Waals surface area contributed by atoms with Crippen LogP contribution in [0.3, 0.4) is 0 Å². The molecule has 1 aliphatic heterocycles. The first kappa shape index (κ1) is 14.9. The minimum atomic E-state index is -0.235. The summed E-state index contributed by atoms with van der Waals surface area (Å²) in [6.45, 7) is 3.52. The summed E-state index contributed by atoms with van der Waals surface area (Å²) in [5, 5.41) is 3.20. The molecular formula is C17H22ClNO2. The van der Waals surface area contributed by atoms with Crippen molar-refractivity contribution in [2.75, 3.05) is 5.88 Å². The van der Waals surface area contributed by atoms with Gasteiger partial charge < -0.3 is 10.1 Å². The average Bonchev–Trinajstić information content (AvgIpc) is 2.97. The van der Waals surface area contributed by atoms with Gasteiger partial charge in [0.25, 0.3) is 5.91 Å². The highest BCUT2D eigenvalue weighted by atomic mass is 35.5. The molecule has 1 N–H and O–H groups in total. The second-order valence-electron chi connectivity index (χ2n) is 6.53. The number of hydrogen-bond acceptors (Lipinski definition) is 2. The van der Waals surface area contributed by atoms with Crippen LogP contribution in [0.25, 0.3) is 0 Å². The molecule has 0 radical (unpaired) electrons. The van der Waals surface area contributed by atoms with E-state index in [1.807, 2.05) is 18.2 Å². The molecule has 4 heteroatoms. The van der Waals surface area contributed by atoms with Crippen molar-refractivity contribution in [1.29, 1.82) is 0 Å². The molecule has 21 heavy (non-hydrogen) atoms. The molecule has 114 valence electrons. The maximum absolute atomic E-state index is 12.5. The van der Waals surface area contributed by atoms with Crippen molar-refractivity contribution < 1.29 is 9.53 Å². The van der Waals surface area contributed by atoms with E-state index in [0.717, 1.165) is 37.2 Å². The molecule has 1 fully saturated rings. The first-order valence-corrected chi connectivity index (χ1v) is 8.23. The molecule has 2 aliphatic rings. The highest BCUT2D eigenvalue weighted by Crippen LogP contribution is 2.33. The summed E-state index contributed by atoms with van der Waals surface area (Å²) in [6, 6.07) is 5.83. The van der Waals surface area contributed by atoms with Gasteiger partial charge in [0.2, 0.25) is 0 Å². The van der Waals surface area contributed by atoms with Gasteiger partial charge in [-0.25, -0.2) is 0 Å². The van der Waals surface area contributed by atoms with Crippen LogP contribution in [-0.4, -0.2) is 17.3 Å². The molecule has 3 nitrogen and oxygen atoms in total. The molecule has 0 spiro atoms. The van der Waals surface area contributed by atoms with Crippen molar-refractivity contribution in [2.24, 2.45) is 5.92 Å². The van der Waals surface area contributed by atoms with Gasteiger partial charge in [0.05, 0.1) is 18.8 Å². The first-order valence-electron chi connectivity index (χ1n) is 7.70. The summed E-state index contributed by atoms with van der Waals surface area (Å²) in [7, 11) is 0. The van der Waals surface area contributed by atoms with Crippen molar-refractivity contribution in [3.05, 3.63) is 34.9 Å². The van der Waals surface area contributed by atoms with Gasteiger partial charge in [0.15, 0.2) is 0 Å². The highest BCUT2D eigenvalue weighted by molar-refractivity contribution is 6.19. The molecule has 1 amide bonds. The summed E-state index contributed by atoms with van der Waals surface area (Å²) in [6.07, 6.45) is 4.20. The summed E-state index contributed by atoms with van der Waals surface area (Å²) >= 11 is 6.18. The van der Waals surface area contributed by atoms with Gasteiger partial charge in [0.1, 0.15) is 0 Å². The summed E-state index contributed by atoms with van der Waals surface area (Å²) < 4.78 is 5.40. The van der Waals surface area contributed by atoms with Crippen LogP contribution in [0.15, 0.2) is 18.2 Å². The minimum absolute atomic E-state index is 0.0140. The Kier molecular flexibility index (Phi) is 4.23. The number of carbonyl (C=O) groups is 1. The second-order valence-corrected chi connectivity index (χ2v) is 6.79. The predicted octanol–water partition coefficient (Wildman–Crippen LogP) is 3.63. The van der Waals surface area contributed by atoms with E-state index in [2.05, 4.69) is 12.2 Å². The number of ether oxygens (including phenoxy) is 1. The molecular weight excluding hydrogens is 286 g/mol. The Balaban J connectivity index is 1.73. The van der Waals surface area contributed by atoms with Gasteiger partial charge in [-0.2, -0.15) is 0 Å². The smallest absolute Gasteiger partial charge is 0.251 e. The van der Waals surface area contributed by atoms with Crippen molar-refractivity contribution in [3.8, 4) is 0 Å².